The summed E-state index contributed by atoms with van der Waals surface area (Å²) < 4.78 is 9.69. The van der Waals surface area contributed by atoms with Gasteiger partial charge in [0.15, 0.2) is 0 Å². The molecule has 2 N–H and O–H groups in total. The average Bonchev–Trinajstić information content (AvgIpc) is 2.68. The highest BCUT2D eigenvalue weighted by Gasteiger charge is 2.19. The van der Waals surface area contributed by atoms with E-state index in [1.165, 1.54) is 7.11 Å². The first-order valence-corrected chi connectivity index (χ1v) is 8.82. The van der Waals surface area contributed by atoms with Gasteiger partial charge in [0, 0.05) is 19.4 Å². The third-order valence-corrected chi connectivity index (χ3v) is 3.71. The number of hydrogen-bond acceptors (Lipinski definition) is 5. The van der Waals surface area contributed by atoms with Crippen molar-refractivity contribution in [1.82, 2.24) is 10.6 Å². The molecule has 1 aromatic carbocycles. The summed E-state index contributed by atoms with van der Waals surface area (Å²) in [6, 6.07) is 8.61. The van der Waals surface area contributed by atoms with Crippen LogP contribution in [-0.4, -0.2) is 37.7 Å². The first-order valence-electron chi connectivity index (χ1n) is 8.82. The molecule has 146 valence electrons. The van der Waals surface area contributed by atoms with E-state index in [1.807, 2.05) is 30.3 Å². The Kier molecular flexibility index (Phi) is 10.8. The van der Waals surface area contributed by atoms with Gasteiger partial charge in [0.1, 0.15) is 12.6 Å². The zero-order chi connectivity index (χ0) is 19.9. The van der Waals surface area contributed by atoms with E-state index in [0.29, 0.717) is 13.0 Å². The molecular formula is C20H26N2O5. The molecule has 1 aromatic rings. The molecule has 0 heterocycles. The molecule has 0 fully saturated rings. The van der Waals surface area contributed by atoms with Crippen LogP contribution in [0.15, 0.2) is 30.3 Å². The lowest BCUT2D eigenvalue weighted by atomic mass is 10.1. The number of unbranched alkanes of at least 4 members (excludes halogenated alkanes) is 2. The van der Waals surface area contributed by atoms with Gasteiger partial charge < -0.3 is 20.1 Å². The van der Waals surface area contributed by atoms with Gasteiger partial charge in [0.05, 0.1) is 7.11 Å². The van der Waals surface area contributed by atoms with Crippen molar-refractivity contribution >= 4 is 18.0 Å². The number of terminal acetylenes is 1. The van der Waals surface area contributed by atoms with E-state index in [-0.39, 0.29) is 25.4 Å². The highest BCUT2D eigenvalue weighted by atomic mass is 16.5. The maximum absolute atomic E-state index is 11.8. The number of rotatable bonds is 11. The SMILES string of the molecule is C#CC[C@@H](NC(=O)CCCCCNC(=O)OCc1ccccc1)C(=O)OC. The third kappa shape index (κ3) is 9.90. The van der Waals surface area contributed by atoms with Gasteiger partial charge in [0.25, 0.3) is 0 Å². The number of carbonyl (C=O) groups excluding carboxylic acids is 3. The zero-order valence-electron chi connectivity index (χ0n) is 15.5. The van der Waals surface area contributed by atoms with E-state index in [1.54, 1.807) is 0 Å². The van der Waals surface area contributed by atoms with E-state index < -0.39 is 18.1 Å². The van der Waals surface area contributed by atoms with Crippen LogP contribution in [0.2, 0.25) is 0 Å². The normalized spacial score (nSPS) is 11.0. The minimum absolute atomic E-state index is 0.0907. The Morgan fingerprint density at radius 2 is 1.89 bits per heavy atom. The van der Waals surface area contributed by atoms with E-state index >= 15 is 0 Å². The fourth-order valence-corrected chi connectivity index (χ4v) is 2.27. The molecule has 0 saturated carbocycles. The summed E-state index contributed by atoms with van der Waals surface area (Å²) in [4.78, 5) is 34.9. The van der Waals surface area contributed by atoms with Gasteiger partial charge >= 0.3 is 12.1 Å². The van der Waals surface area contributed by atoms with Crippen LogP contribution in [-0.2, 0) is 25.7 Å². The predicted octanol–water partition coefficient (Wildman–Crippen LogP) is 2.15. The van der Waals surface area contributed by atoms with Crippen molar-refractivity contribution in [2.45, 2.75) is 44.8 Å². The van der Waals surface area contributed by atoms with Gasteiger partial charge in [-0.05, 0) is 18.4 Å². The quantitative estimate of drug-likeness (QED) is 0.352. The summed E-state index contributed by atoms with van der Waals surface area (Å²) in [5.74, 6) is 1.53. The summed E-state index contributed by atoms with van der Waals surface area (Å²) in [6.07, 6.45) is 7.19. The molecule has 0 radical (unpaired) electrons. The Labute approximate surface area is 159 Å². The summed E-state index contributed by atoms with van der Waals surface area (Å²) in [5.41, 5.74) is 0.925. The molecule has 1 rings (SSSR count). The predicted molar refractivity (Wildman–Crippen MR) is 100 cm³/mol. The molecule has 0 spiro atoms. The first-order chi connectivity index (χ1) is 13.1. The number of methoxy groups -OCH3 is 1. The highest BCUT2D eigenvalue weighted by Crippen LogP contribution is 2.03. The second-order valence-corrected chi connectivity index (χ2v) is 5.85. The molecule has 7 nitrogen and oxygen atoms in total. The fourth-order valence-electron chi connectivity index (χ4n) is 2.27. The van der Waals surface area contributed by atoms with Crippen molar-refractivity contribution in [3.8, 4) is 12.3 Å². The Balaban J connectivity index is 2.09. The number of amides is 2. The summed E-state index contributed by atoms with van der Waals surface area (Å²) in [5, 5.41) is 5.23. The Hall–Kier alpha value is -3.01. The van der Waals surface area contributed by atoms with Crippen LogP contribution >= 0.6 is 0 Å². The molecule has 7 heteroatoms. The van der Waals surface area contributed by atoms with Crippen molar-refractivity contribution < 1.29 is 23.9 Å². The van der Waals surface area contributed by atoms with Crippen molar-refractivity contribution in [1.29, 1.82) is 0 Å². The van der Waals surface area contributed by atoms with Gasteiger partial charge in [-0.1, -0.05) is 36.8 Å². The largest absolute Gasteiger partial charge is 0.467 e. The lowest BCUT2D eigenvalue weighted by Crippen LogP contribution is -2.41. The van der Waals surface area contributed by atoms with E-state index in [9.17, 15) is 14.4 Å². The van der Waals surface area contributed by atoms with E-state index in [4.69, 9.17) is 11.2 Å². The number of carbonyl (C=O) groups is 3. The monoisotopic (exact) mass is 374 g/mol. The Morgan fingerprint density at radius 1 is 1.15 bits per heavy atom. The highest BCUT2D eigenvalue weighted by molar-refractivity contribution is 5.84. The van der Waals surface area contributed by atoms with Crippen molar-refractivity contribution in [3.63, 3.8) is 0 Å². The molecule has 2 amide bonds. The van der Waals surface area contributed by atoms with Crippen molar-refractivity contribution in [2.75, 3.05) is 13.7 Å². The van der Waals surface area contributed by atoms with Gasteiger partial charge in [-0.15, -0.1) is 12.3 Å². The first kappa shape index (κ1) is 22.0. The van der Waals surface area contributed by atoms with E-state index in [0.717, 1.165) is 18.4 Å². The average molecular weight is 374 g/mol. The summed E-state index contributed by atoms with van der Waals surface area (Å²) in [7, 11) is 1.25. The lowest BCUT2D eigenvalue weighted by Gasteiger charge is -2.13. The fraction of sp³-hybridized carbons (Fsp3) is 0.450. The second-order valence-electron chi connectivity index (χ2n) is 5.85. The van der Waals surface area contributed by atoms with Gasteiger partial charge in [-0.3, -0.25) is 4.79 Å². The van der Waals surface area contributed by atoms with E-state index in [2.05, 4.69) is 21.3 Å². The zero-order valence-corrected chi connectivity index (χ0v) is 15.5. The van der Waals surface area contributed by atoms with Crippen LogP contribution in [0, 0.1) is 12.3 Å². The van der Waals surface area contributed by atoms with Crippen molar-refractivity contribution in [3.05, 3.63) is 35.9 Å². The summed E-state index contributed by atoms with van der Waals surface area (Å²) >= 11 is 0. The Morgan fingerprint density at radius 3 is 2.56 bits per heavy atom. The van der Waals surface area contributed by atoms with Crippen molar-refractivity contribution in [2.24, 2.45) is 0 Å². The molecule has 0 aliphatic heterocycles. The number of nitrogens with one attached hydrogen (secondary N) is 2. The van der Waals surface area contributed by atoms with Crippen LogP contribution in [0.3, 0.4) is 0 Å². The van der Waals surface area contributed by atoms with Crippen LogP contribution in [0.5, 0.6) is 0 Å². The van der Waals surface area contributed by atoms with Gasteiger partial charge in [-0.2, -0.15) is 0 Å². The minimum Gasteiger partial charge on any atom is -0.467 e. The smallest absolute Gasteiger partial charge is 0.407 e. The number of esters is 1. The molecule has 1 atom stereocenters. The molecule has 0 aliphatic rings. The molecule has 0 bridgehead atoms. The van der Waals surface area contributed by atoms with Crippen LogP contribution in [0.25, 0.3) is 0 Å². The summed E-state index contributed by atoms with van der Waals surface area (Å²) in [6.45, 7) is 0.697. The Bertz CT molecular complexity index is 640. The second kappa shape index (κ2) is 13.2. The molecule has 0 unspecified atom stereocenters. The number of alkyl carbamates (subject to hydrolysis) is 1. The molecule has 0 saturated heterocycles. The number of benzene rings is 1. The molecule has 27 heavy (non-hydrogen) atoms. The maximum Gasteiger partial charge on any atom is 0.407 e. The third-order valence-electron chi connectivity index (χ3n) is 3.71. The maximum atomic E-state index is 11.8. The number of ether oxygens (including phenoxy) is 2. The standard InChI is InChI=1S/C20H26N2O5/c1-3-10-17(19(24)26-2)22-18(23)13-8-5-9-14-21-20(25)27-15-16-11-6-4-7-12-16/h1,4,6-7,11-12,17H,5,8-10,13-15H2,2H3,(H,21,25)(H,22,23)/t17-/m1/s1. The minimum atomic E-state index is -0.812. The molecular weight excluding hydrogens is 348 g/mol. The molecule has 0 aromatic heterocycles. The van der Waals surface area contributed by atoms with Crippen LogP contribution < -0.4 is 10.6 Å². The lowest BCUT2D eigenvalue weighted by molar-refractivity contribution is -0.144. The number of hydrogen-bond donors (Lipinski definition) is 2. The van der Waals surface area contributed by atoms with Gasteiger partial charge in [0.2, 0.25) is 5.91 Å². The van der Waals surface area contributed by atoms with Crippen LogP contribution in [0.4, 0.5) is 4.79 Å². The topological polar surface area (TPSA) is 93.7 Å². The van der Waals surface area contributed by atoms with Crippen LogP contribution in [0.1, 0.15) is 37.7 Å². The molecule has 0 aliphatic carbocycles. The van der Waals surface area contributed by atoms with Gasteiger partial charge in [-0.25, -0.2) is 9.59 Å².